The topological polar surface area (TPSA) is 205 Å². The van der Waals surface area contributed by atoms with Crippen LogP contribution >= 0.6 is 22.7 Å². The Morgan fingerprint density at radius 2 is 0.977 bits per heavy atom. The highest BCUT2D eigenvalue weighted by molar-refractivity contribution is 7.14. The molecule has 0 radical (unpaired) electrons. The van der Waals surface area contributed by atoms with Gasteiger partial charge in [-0.05, 0) is 162 Å². The molecule has 8 heterocycles. The van der Waals surface area contributed by atoms with Gasteiger partial charge < -0.3 is 35.6 Å². The number of benzene rings is 2. The largest absolute Gasteiger partial charge is 0.443 e. The van der Waals surface area contributed by atoms with E-state index in [1.165, 1.54) is 32.9 Å². The molecule has 20 heteroatoms. The molecule has 0 bridgehead atoms. The number of imide groups is 1. The predicted octanol–water partition coefficient (Wildman–Crippen LogP) is 12.8. The van der Waals surface area contributed by atoms with E-state index in [1.54, 1.807) is 82.5 Å². The molecule has 0 atom stereocenters. The number of amides is 4. The minimum Gasteiger partial charge on any atom is -0.443 e. The van der Waals surface area contributed by atoms with E-state index in [1.807, 2.05) is 73.3 Å². The molecule has 18 nitrogen and oxygen atoms in total. The molecule has 86 heavy (non-hydrogen) atoms. The number of fused-ring (bicyclic) bond motifs is 2. The van der Waals surface area contributed by atoms with Gasteiger partial charge in [-0.15, -0.1) is 22.7 Å². The van der Waals surface area contributed by atoms with E-state index in [9.17, 15) is 19.2 Å². The molecule has 0 saturated carbocycles. The predicted molar refractivity (Wildman–Crippen MR) is 349 cm³/mol. The van der Waals surface area contributed by atoms with E-state index in [-0.39, 0.29) is 32.5 Å². The smallest absolute Gasteiger partial charge is 0.425 e. The van der Waals surface area contributed by atoms with Crippen LogP contribution in [0.2, 0.25) is 0 Å². The molecule has 2 fully saturated rings. The Morgan fingerprint density at radius 3 is 1.43 bits per heavy atom. The summed E-state index contributed by atoms with van der Waals surface area (Å²) in [7, 11) is 0. The van der Waals surface area contributed by atoms with Crippen LogP contribution < -0.4 is 31.1 Å². The fraction of sp³-hybridized carbons (Fsp3) is 0.394. The van der Waals surface area contributed by atoms with Crippen molar-refractivity contribution in [3.8, 4) is 0 Å². The first-order chi connectivity index (χ1) is 40.2. The summed E-state index contributed by atoms with van der Waals surface area (Å²) < 4.78 is 11.1. The maximum atomic E-state index is 13.3. The van der Waals surface area contributed by atoms with Gasteiger partial charge in [0.1, 0.15) is 17.0 Å². The monoisotopic (exact) mass is 1200 g/mol. The number of rotatable bonds is 13. The number of thiophene rings is 2. The summed E-state index contributed by atoms with van der Waals surface area (Å²) >= 11 is 3.15. The number of ether oxygens (including phenoxy) is 2. The lowest BCUT2D eigenvalue weighted by Gasteiger charge is -2.28. The molecule has 0 unspecified atom stereocenters. The van der Waals surface area contributed by atoms with Crippen molar-refractivity contribution in [2.45, 2.75) is 120 Å². The molecule has 2 aromatic carbocycles. The second-order valence-electron chi connectivity index (χ2n) is 23.2. The number of aryl methyl sites for hydroxylation is 2. The summed E-state index contributed by atoms with van der Waals surface area (Å²) in [5.74, 6) is 0.468. The third-order valence-electron chi connectivity index (χ3n) is 14.4. The van der Waals surface area contributed by atoms with Crippen molar-refractivity contribution >= 4 is 91.2 Å². The number of pyridine rings is 4. The van der Waals surface area contributed by atoms with E-state index < -0.39 is 23.4 Å². The molecule has 0 aliphatic carbocycles. The molecule has 8 aromatic rings. The van der Waals surface area contributed by atoms with Crippen LogP contribution in [0.3, 0.4) is 0 Å². The summed E-state index contributed by atoms with van der Waals surface area (Å²) in [6, 6.07) is 27.5. The van der Waals surface area contributed by atoms with Gasteiger partial charge in [-0.3, -0.25) is 29.4 Å². The number of carbonyl (C=O) groups excluding carboxylic acids is 4. The minimum atomic E-state index is -0.883. The fourth-order valence-corrected chi connectivity index (χ4v) is 12.4. The van der Waals surface area contributed by atoms with E-state index in [0.717, 1.165) is 121 Å². The van der Waals surface area contributed by atoms with Crippen molar-refractivity contribution in [3.63, 3.8) is 0 Å². The van der Waals surface area contributed by atoms with Gasteiger partial charge in [0, 0.05) is 148 Å². The Hall–Kier alpha value is -8.04. The zero-order valence-corrected chi connectivity index (χ0v) is 50.9. The van der Waals surface area contributed by atoms with Gasteiger partial charge in [0.15, 0.2) is 5.82 Å². The number of anilines is 4. The van der Waals surface area contributed by atoms with Gasteiger partial charge in [-0.1, -0.05) is 39.1 Å². The number of hydrogen-bond acceptors (Lipinski definition) is 17. The first-order valence-electron chi connectivity index (χ1n) is 28.5. The Labute approximate surface area is 514 Å². The molecule has 2 saturated heterocycles. The van der Waals surface area contributed by atoms with Crippen LogP contribution in [-0.2, 0) is 35.7 Å². The van der Waals surface area contributed by atoms with Gasteiger partial charge in [0.2, 0.25) is 0 Å². The maximum Gasteiger partial charge on any atom is 0.425 e. The van der Waals surface area contributed by atoms with Crippen LogP contribution in [0.15, 0.2) is 122 Å². The zero-order chi connectivity index (χ0) is 59.5. The Bertz CT molecular complexity index is 3560. The Balaban J connectivity index is 0.000000253. The molecular weight excluding hydrogens is 1120 g/mol. The zero-order valence-electron chi connectivity index (χ0n) is 49.3. The fourth-order valence-electron chi connectivity index (χ4n) is 10.1. The number of nitrogens with two attached hydrogens (primary N) is 1. The molecule has 10 rings (SSSR count). The van der Waals surface area contributed by atoms with Crippen molar-refractivity contribution in [3.05, 3.63) is 164 Å². The lowest BCUT2D eigenvalue weighted by molar-refractivity contribution is 0.0429. The lowest BCUT2D eigenvalue weighted by Crippen LogP contribution is -2.44. The van der Waals surface area contributed by atoms with E-state index in [0.29, 0.717) is 29.2 Å². The number of nitrogen functional groups attached to an aromatic ring is 1. The summed E-state index contributed by atoms with van der Waals surface area (Å²) in [4.78, 5) is 84.0. The van der Waals surface area contributed by atoms with Crippen molar-refractivity contribution in [2.75, 3.05) is 72.8 Å². The van der Waals surface area contributed by atoms with Crippen molar-refractivity contribution < 1.29 is 28.7 Å². The van der Waals surface area contributed by atoms with Gasteiger partial charge in [0.05, 0.1) is 9.75 Å². The van der Waals surface area contributed by atoms with Crippen LogP contribution in [0, 0.1) is 13.8 Å². The molecule has 4 amide bonds. The molecule has 2 aliphatic rings. The SMILES string of the molecule is C.C.Cc1cc(C(=O)NCc2ccc3c(N(C(=O)OC(C)(C)C)C(=O)OC(C)(C)C)nccc3c2)sc1CN1CCCN(c2ccncc2)CC1.Cc1cc(C(=O)NCc2ccc3c(N)nccc3c2)sc1CN1CCCN(c2ccncc2)CC1. The van der Waals surface area contributed by atoms with Crippen molar-refractivity contribution in [1.29, 1.82) is 0 Å². The molecule has 6 aromatic heterocycles. The maximum absolute atomic E-state index is 13.3. The van der Waals surface area contributed by atoms with Crippen LogP contribution in [0.5, 0.6) is 0 Å². The number of nitrogens with one attached hydrogen (secondary N) is 2. The van der Waals surface area contributed by atoms with Crippen LogP contribution in [0.25, 0.3) is 21.5 Å². The first kappa shape index (κ1) is 65.5. The number of carbonyl (C=O) groups is 4. The average Bonchev–Trinajstić information content (AvgIpc) is 1.55. The highest BCUT2D eigenvalue weighted by Crippen LogP contribution is 2.31. The van der Waals surface area contributed by atoms with Gasteiger partial charge in [-0.25, -0.2) is 19.6 Å². The number of aromatic nitrogens is 4. The van der Waals surface area contributed by atoms with Crippen LogP contribution in [-0.4, -0.2) is 117 Å². The minimum absolute atomic E-state index is 0. The summed E-state index contributed by atoms with van der Waals surface area (Å²) in [5.41, 5.74) is 10.9. The first-order valence-corrected chi connectivity index (χ1v) is 30.1. The highest BCUT2D eigenvalue weighted by atomic mass is 32.1. The number of hydrogen-bond donors (Lipinski definition) is 3. The lowest BCUT2D eigenvalue weighted by atomic mass is 10.1. The molecule has 2 aliphatic heterocycles. The quantitative estimate of drug-likeness (QED) is 0.0982. The average molecular weight is 1210 g/mol. The normalized spacial score (nSPS) is 14.1. The Morgan fingerprint density at radius 1 is 0.547 bits per heavy atom. The second-order valence-corrected chi connectivity index (χ2v) is 25.5. The standard InChI is InChI=1S/C37H46N6O5S.C27H30N6OS.2CH4/c1-25-21-30(49-31(25)24-41-17-8-18-42(20-19-41)28-12-14-38-15-13-28)33(44)40-23-26-9-10-29-27(22-26)11-16-39-32(29)43(34(45)47-36(2,3)4)35(46)48-37(5,6)7;1-19-15-24(27(34)31-17-20-3-4-23-21(16-20)5-10-30-26(23)28)35-25(19)18-32-11-2-12-33(14-13-32)22-6-8-29-9-7-22;;/h9-16,21-22H,8,17-20,23-24H2,1-7H3,(H,40,44);3-10,15-16H,2,11-14,17-18H2,1H3,(H2,28,30)(H,31,34);2*1H4. The van der Waals surface area contributed by atoms with Crippen LogP contribution in [0.4, 0.5) is 32.6 Å². The molecule has 456 valence electrons. The van der Waals surface area contributed by atoms with Gasteiger partial charge >= 0.3 is 12.2 Å². The van der Waals surface area contributed by atoms with Crippen LogP contribution in [0.1, 0.15) is 121 Å². The van der Waals surface area contributed by atoms with Gasteiger partial charge in [0.25, 0.3) is 11.8 Å². The van der Waals surface area contributed by atoms with Crippen molar-refractivity contribution in [1.82, 2.24) is 40.4 Å². The molecular formula is C66H84N12O6S2. The van der Waals surface area contributed by atoms with Gasteiger partial charge in [-0.2, -0.15) is 4.90 Å². The summed E-state index contributed by atoms with van der Waals surface area (Å²) in [6.07, 6.45) is 11.0. The third-order valence-corrected chi connectivity index (χ3v) is 16.8. The van der Waals surface area contributed by atoms with Crippen molar-refractivity contribution in [2.24, 2.45) is 0 Å². The Kier molecular flexibility index (Phi) is 22.4. The number of nitrogens with zero attached hydrogens (tertiary/aromatic N) is 9. The van der Waals surface area contributed by atoms with E-state index in [2.05, 4.69) is 88.3 Å². The third kappa shape index (κ3) is 17.5. The molecule has 4 N–H and O–H groups in total. The second kappa shape index (κ2) is 29.4. The summed E-state index contributed by atoms with van der Waals surface area (Å²) in [5, 5.41) is 9.38. The van der Waals surface area contributed by atoms with E-state index in [4.69, 9.17) is 15.2 Å². The highest BCUT2D eigenvalue weighted by Gasteiger charge is 2.35. The summed E-state index contributed by atoms with van der Waals surface area (Å²) in [6.45, 7) is 25.0. The molecule has 0 spiro atoms. The van der Waals surface area contributed by atoms with E-state index >= 15 is 0 Å².